The highest BCUT2D eigenvalue weighted by Crippen LogP contribution is 2.29. The first-order valence-electron chi connectivity index (χ1n) is 5.64. The van der Waals surface area contributed by atoms with Crippen LogP contribution in [0.25, 0.3) is 0 Å². The molecule has 1 saturated heterocycles. The van der Waals surface area contributed by atoms with Crippen molar-refractivity contribution in [3.05, 3.63) is 0 Å². The van der Waals surface area contributed by atoms with Gasteiger partial charge in [0.15, 0.2) is 0 Å². The molecule has 0 radical (unpaired) electrons. The fourth-order valence-corrected chi connectivity index (χ4v) is 2.84. The third-order valence-corrected chi connectivity index (χ3v) is 3.55. The van der Waals surface area contributed by atoms with Gasteiger partial charge in [0.05, 0.1) is 5.60 Å². The van der Waals surface area contributed by atoms with Crippen molar-refractivity contribution in [1.82, 2.24) is 4.90 Å². The number of piperidine rings is 1. The minimum absolute atomic E-state index is 0.416. The van der Waals surface area contributed by atoms with Gasteiger partial charge in [-0.1, -0.05) is 12.8 Å². The van der Waals surface area contributed by atoms with Gasteiger partial charge in [0.25, 0.3) is 0 Å². The van der Waals surface area contributed by atoms with Crippen molar-refractivity contribution >= 4 is 0 Å². The third-order valence-electron chi connectivity index (χ3n) is 3.55. The Morgan fingerprint density at radius 2 is 1.92 bits per heavy atom. The maximum atomic E-state index is 9.96. The minimum atomic E-state index is -0.416. The molecule has 0 spiro atoms. The molecule has 2 rings (SSSR count). The Balaban J connectivity index is 1.91. The molecule has 0 aromatic rings. The quantitative estimate of drug-likeness (QED) is 0.670. The number of β-amino-alcohol motifs (C(OH)–C–C–N with tert-alkyl or cyclic N) is 1. The molecular weight excluding hydrogens is 162 g/mol. The van der Waals surface area contributed by atoms with Crippen molar-refractivity contribution in [2.24, 2.45) is 0 Å². The first kappa shape index (κ1) is 9.47. The van der Waals surface area contributed by atoms with Gasteiger partial charge >= 0.3 is 0 Å². The SMILES string of the molecule is CC1(O)CCCN(C2CCCC2)C1. The van der Waals surface area contributed by atoms with Crippen molar-refractivity contribution in [3.8, 4) is 0 Å². The summed E-state index contributed by atoms with van der Waals surface area (Å²) >= 11 is 0. The van der Waals surface area contributed by atoms with E-state index in [9.17, 15) is 5.11 Å². The van der Waals surface area contributed by atoms with Crippen LogP contribution in [0.15, 0.2) is 0 Å². The summed E-state index contributed by atoms with van der Waals surface area (Å²) in [6, 6.07) is 0.784. The van der Waals surface area contributed by atoms with Crippen molar-refractivity contribution in [1.29, 1.82) is 0 Å². The standard InChI is InChI=1S/C11H21NO/c1-11(13)7-4-8-12(9-11)10-5-2-3-6-10/h10,13H,2-9H2,1H3. The molecule has 1 aliphatic carbocycles. The lowest BCUT2D eigenvalue weighted by Gasteiger charge is -2.40. The van der Waals surface area contributed by atoms with Crippen LogP contribution in [0, 0.1) is 0 Å². The molecule has 0 aromatic carbocycles. The summed E-state index contributed by atoms with van der Waals surface area (Å²) in [5.74, 6) is 0. The first-order chi connectivity index (χ1) is 6.17. The number of likely N-dealkylation sites (tertiary alicyclic amines) is 1. The van der Waals surface area contributed by atoms with Crippen LogP contribution < -0.4 is 0 Å². The highest BCUT2D eigenvalue weighted by atomic mass is 16.3. The van der Waals surface area contributed by atoms with Gasteiger partial charge in [0.2, 0.25) is 0 Å². The maximum Gasteiger partial charge on any atom is 0.0746 e. The van der Waals surface area contributed by atoms with Gasteiger partial charge in [-0.25, -0.2) is 0 Å². The topological polar surface area (TPSA) is 23.5 Å². The largest absolute Gasteiger partial charge is 0.389 e. The van der Waals surface area contributed by atoms with E-state index in [1.807, 2.05) is 6.92 Å². The van der Waals surface area contributed by atoms with E-state index in [2.05, 4.69) is 4.90 Å². The molecule has 1 unspecified atom stereocenters. The van der Waals surface area contributed by atoms with Crippen molar-refractivity contribution < 1.29 is 5.11 Å². The molecule has 1 aliphatic heterocycles. The summed E-state index contributed by atoms with van der Waals surface area (Å²) in [6.45, 7) is 4.09. The predicted molar refractivity (Wildman–Crippen MR) is 53.7 cm³/mol. The number of hydrogen-bond acceptors (Lipinski definition) is 2. The monoisotopic (exact) mass is 183 g/mol. The Bertz CT molecular complexity index is 173. The zero-order valence-corrected chi connectivity index (χ0v) is 8.63. The molecule has 2 aliphatic rings. The van der Waals surface area contributed by atoms with Crippen LogP contribution in [0.5, 0.6) is 0 Å². The van der Waals surface area contributed by atoms with Crippen LogP contribution in [0.3, 0.4) is 0 Å². The highest BCUT2D eigenvalue weighted by molar-refractivity contribution is 4.88. The summed E-state index contributed by atoms with van der Waals surface area (Å²) in [4.78, 5) is 2.51. The van der Waals surface area contributed by atoms with E-state index in [4.69, 9.17) is 0 Å². The van der Waals surface area contributed by atoms with Crippen molar-refractivity contribution in [2.45, 2.75) is 57.1 Å². The normalized spacial score (nSPS) is 38.3. The van der Waals surface area contributed by atoms with E-state index in [-0.39, 0.29) is 0 Å². The van der Waals surface area contributed by atoms with Gasteiger partial charge in [-0.15, -0.1) is 0 Å². The lowest BCUT2D eigenvalue weighted by Crippen LogP contribution is -2.49. The molecule has 2 nitrogen and oxygen atoms in total. The second-order valence-corrected chi connectivity index (χ2v) is 5.01. The fraction of sp³-hybridized carbons (Fsp3) is 1.00. The molecule has 1 N–H and O–H groups in total. The number of nitrogens with zero attached hydrogens (tertiary/aromatic N) is 1. The smallest absolute Gasteiger partial charge is 0.0746 e. The molecule has 1 atom stereocenters. The number of rotatable bonds is 1. The van der Waals surface area contributed by atoms with Crippen LogP contribution in [-0.2, 0) is 0 Å². The molecule has 13 heavy (non-hydrogen) atoms. The van der Waals surface area contributed by atoms with Gasteiger partial charge in [-0.3, -0.25) is 4.90 Å². The van der Waals surface area contributed by atoms with Gasteiger partial charge in [-0.2, -0.15) is 0 Å². The molecular formula is C11H21NO. The molecule has 0 aromatic heterocycles. The fourth-order valence-electron chi connectivity index (χ4n) is 2.84. The Morgan fingerprint density at radius 3 is 2.54 bits per heavy atom. The molecule has 2 heteroatoms. The summed E-state index contributed by atoms with van der Waals surface area (Å²) in [7, 11) is 0. The van der Waals surface area contributed by atoms with E-state index in [0.717, 1.165) is 19.0 Å². The minimum Gasteiger partial charge on any atom is -0.389 e. The average Bonchev–Trinajstić information content (AvgIpc) is 2.53. The van der Waals surface area contributed by atoms with E-state index in [1.165, 1.54) is 38.6 Å². The van der Waals surface area contributed by atoms with E-state index in [0.29, 0.717) is 0 Å². The Labute approximate surface area is 80.9 Å². The maximum absolute atomic E-state index is 9.96. The zero-order valence-electron chi connectivity index (χ0n) is 8.63. The van der Waals surface area contributed by atoms with Crippen LogP contribution in [0.1, 0.15) is 45.4 Å². The van der Waals surface area contributed by atoms with E-state index in [1.54, 1.807) is 0 Å². The summed E-state index contributed by atoms with van der Waals surface area (Å²) in [5.41, 5.74) is -0.416. The lowest BCUT2D eigenvalue weighted by atomic mass is 9.94. The lowest BCUT2D eigenvalue weighted by molar-refractivity contribution is -0.0290. The molecule has 0 amide bonds. The second-order valence-electron chi connectivity index (χ2n) is 5.01. The summed E-state index contributed by atoms with van der Waals surface area (Å²) < 4.78 is 0. The number of hydrogen-bond donors (Lipinski definition) is 1. The average molecular weight is 183 g/mol. The van der Waals surface area contributed by atoms with Gasteiger partial charge < -0.3 is 5.11 Å². The molecule has 0 bridgehead atoms. The molecule has 76 valence electrons. The van der Waals surface area contributed by atoms with Crippen LogP contribution in [0.2, 0.25) is 0 Å². The van der Waals surface area contributed by atoms with Gasteiger partial charge in [-0.05, 0) is 39.2 Å². The predicted octanol–water partition coefficient (Wildman–Crippen LogP) is 1.78. The summed E-state index contributed by atoms with van der Waals surface area (Å²) in [6.07, 6.45) is 7.65. The first-order valence-corrected chi connectivity index (χ1v) is 5.64. The second kappa shape index (κ2) is 3.58. The van der Waals surface area contributed by atoms with Gasteiger partial charge in [0, 0.05) is 12.6 Å². The van der Waals surface area contributed by atoms with E-state index < -0.39 is 5.60 Å². The Morgan fingerprint density at radius 1 is 1.23 bits per heavy atom. The summed E-state index contributed by atoms with van der Waals surface area (Å²) in [5, 5.41) is 9.96. The van der Waals surface area contributed by atoms with Crippen molar-refractivity contribution in [2.75, 3.05) is 13.1 Å². The van der Waals surface area contributed by atoms with Crippen LogP contribution in [-0.4, -0.2) is 34.7 Å². The molecule has 1 saturated carbocycles. The Hall–Kier alpha value is -0.0800. The van der Waals surface area contributed by atoms with Crippen LogP contribution >= 0.6 is 0 Å². The highest BCUT2D eigenvalue weighted by Gasteiger charge is 2.32. The van der Waals surface area contributed by atoms with E-state index >= 15 is 0 Å². The molecule has 2 fully saturated rings. The van der Waals surface area contributed by atoms with Crippen molar-refractivity contribution in [3.63, 3.8) is 0 Å². The van der Waals surface area contributed by atoms with Gasteiger partial charge in [0.1, 0.15) is 0 Å². The molecule has 1 heterocycles. The van der Waals surface area contributed by atoms with Crippen LogP contribution in [0.4, 0.5) is 0 Å². The Kier molecular flexibility index (Phi) is 2.61. The third kappa shape index (κ3) is 2.23. The zero-order chi connectivity index (χ0) is 9.31. The number of aliphatic hydroxyl groups is 1.